The summed E-state index contributed by atoms with van der Waals surface area (Å²) >= 11 is 0. The quantitative estimate of drug-likeness (QED) is 0.459. The molecule has 1 aliphatic heterocycles. The van der Waals surface area contributed by atoms with Crippen molar-refractivity contribution < 1.29 is 14.3 Å². The highest BCUT2D eigenvalue weighted by Crippen LogP contribution is 2.19. The SMILES string of the molecule is CCOC(=O)[C@H]1CCCN(C(=O)c2nn(-c3ccc(C(C)C)cc3)c(=O)n(Cc3ccccc3)c2=O)C1. The number of esters is 1. The minimum atomic E-state index is -0.757. The summed E-state index contributed by atoms with van der Waals surface area (Å²) in [5, 5.41) is 4.26. The van der Waals surface area contributed by atoms with Gasteiger partial charge in [0.2, 0.25) is 5.69 Å². The third-order valence-corrected chi connectivity index (χ3v) is 6.58. The topological polar surface area (TPSA) is 104 Å². The molecule has 1 amide bonds. The van der Waals surface area contributed by atoms with Crippen molar-refractivity contribution in [3.63, 3.8) is 0 Å². The first-order valence-electron chi connectivity index (χ1n) is 12.6. The van der Waals surface area contributed by atoms with E-state index < -0.39 is 23.1 Å². The summed E-state index contributed by atoms with van der Waals surface area (Å²) in [5.74, 6) is -1.12. The molecule has 0 saturated carbocycles. The first-order valence-corrected chi connectivity index (χ1v) is 12.6. The Morgan fingerprint density at radius 3 is 2.41 bits per heavy atom. The van der Waals surface area contributed by atoms with Crippen molar-refractivity contribution in [3.05, 3.63) is 92.3 Å². The zero-order valence-electron chi connectivity index (χ0n) is 21.4. The van der Waals surface area contributed by atoms with E-state index in [0.29, 0.717) is 31.0 Å². The van der Waals surface area contributed by atoms with Gasteiger partial charge in [-0.1, -0.05) is 56.3 Å². The number of carbonyl (C=O) groups excluding carboxylic acids is 2. The van der Waals surface area contributed by atoms with E-state index in [0.717, 1.165) is 20.4 Å². The van der Waals surface area contributed by atoms with E-state index in [2.05, 4.69) is 18.9 Å². The highest BCUT2D eigenvalue weighted by Gasteiger charge is 2.32. The number of piperidine rings is 1. The molecule has 37 heavy (non-hydrogen) atoms. The second-order valence-electron chi connectivity index (χ2n) is 9.51. The monoisotopic (exact) mass is 504 g/mol. The summed E-state index contributed by atoms with van der Waals surface area (Å²) in [6.07, 6.45) is 1.21. The number of benzene rings is 2. The van der Waals surface area contributed by atoms with Crippen molar-refractivity contribution in [2.75, 3.05) is 19.7 Å². The molecule has 1 saturated heterocycles. The molecule has 0 bridgehead atoms. The zero-order chi connectivity index (χ0) is 26.5. The summed E-state index contributed by atoms with van der Waals surface area (Å²) in [4.78, 5) is 54.3. The molecule has 2 heterocycles. The number of rotatable bonds is 7. The minimum absolute atomic E-state index is 0.00314. The Labute approximate surface area is 215 Å². The van der Waals surface area contributed by atoms with Crippen LogP contribution in [0.25, 0.3) is 5.69 Å². The van der Waals surface area contributed by atoms with Crippen molar-refractivity contribution in [2.24, 2.45) is 5.92 Å². The van der Waals surface area contributed by atoms with Gasteiger partial charge in [0.1, 0.15) is 0 Å². The number of carbonyl (C=O) groups is 2. The van der Waals surface area contributed by atoms with Gasteiger partial charge in [0, 0.05) is 13.1 Å². The van der Waals surface area contributed by atoms with Crippen molar-refractivity contribution >= 4 is 11.9 Å². The van der Waals surface area contributed by atoms with Crippen molar-refractivity contribution in [3.8, 4) is 5.69 Å². The Kier molecular flexibility index (Phi) is 8.01. The molecule has 0 radical (unpaired) electrons. The lowest BCUT2D eigenvalue weighted by atomic mass is 9.98. The van der Waals surface area contributed by atoms with E-state index in [1.54, 1.807) is 19.1 Å². The fourth-order valence-electron chi connectivity index (χ4n) is 4.49. The summed E-state index contributed by atoms with van der Waals surface area (Å²) < 4.78 is 7.29. The average Bonchev–Trinajstić information content (AvgIpc) is 2.91. The molecule has 1 aromatic heterocycles. The van der Waals surface area contributed by atoms with Gasteiger partial charge in [-0.25, -0.2) is 4.79 Å². The Morgan fingerprint density at radius 1 is 1.05 bits per heavy atom. The van der Waals surface area contributed by atoms with E-state index in [1.807, 2.05) is 42.5 Å². The molecule has 9 heteroatoms. The largest absolute Gasteiger partial charge is 0.466 e. The molecule has 0 spiro atoms. The number of likely N-dealkylation sites (tertiary alicyclic amines) is 1. The average molecular weight is 505 g/mol. The Morgan fingerprint density at radius 2 is 1.76 bits per heavy atom. The number of nitrogens with zero attached hydrogens (tertiary/aromatic N) is 4. The molecule has 3 aromatic rings. The van der Waals surface area contributed by atoms with Crippen LogP contribution in [0.4, 0.5) is 0 Å². The minimum Gasteiger partial charge on any atom is -0.466 e. The number of hydrogen-bond acceptors (Lipinski definition) is 6. The van der Waals surface area contributed by atoms with Crippen LogP contribution in [0.1, 0.15) is 61.1 Å². The lowest BCUT2D eigenvalue weighted by molar-refractivity contribution is -0.149. The lowest BCUT2D eigenvalue weighted by Gasteiger charge is -2.31. The fraction of sp³-hybridized carbons (Fsp3) is 0.393. The Balaban J connectivity index is 1.78. The van der Waals surface area contributed by atoms with Gasteiger partial charge in [0.05, 0.1) is 24.8 Å². The molecule has 0 N–H and O–H groups in total. The van der Waals surface area contributed by atoms with Gasteiger partial charge in [-0.3, -0.25) is 19.0 Å². The van der Waals surface area contributed by atoms with Gasteiger partial charge in [-0.05, 0) is 48.9 Å². The number of ether oxygens (including phenoxy) is 1. The molecule has 0 aliphatic carbocycles. The lowest BCUT2D eigenvalue weighted by Crippen LogP contribution is -2.49. The van der Waals surface area contributed by atoms with Crippen LogP contribution < -0.4 is 11.2 Å². The maximum absolute atomic E-state index is 13.6. The van der Waals surface area contributed by atoms with Gasteiger partial charge in [0.15, 0.2) is 0 Å². The van der Waals surface area contributed by atoms with Crippen LogP contribution in [0.2, 0.25) is 0 Å². The van der Waals surface area contributed by atoms with Crippen LogP contribution >= 0.6 is 0 Å². The predicted octanol–water partition coefficient (Wildman–Crippen LogP) is 2.98. The number of aromatic nitrogens is 3. The van der Waals surface area contributed by atoms with Gasteiger partial charge in [-0.15, -0.1) is 0 Å². The van der Waals surface area contributed by atoms with Crippen LogP contribution in [0.3, 0.4) is 0 Å². The molecule has 4 rings (SSSR count). The highest BCUT2D eigenvalue weighted by atomic mass is 16.5. The van der Waals surface area contributed by atoms with Gasteiger partial charge >= 0.3 is 11.7 Å². The smallest absolute Gasteiger partial charge is 0.352 e. The third-order valence-electron chi connectivity index (χ3n) is 6.58. The van der Waals surface area contributed by atoms with Crippen LogP contribution in [-0.2, 0) is 16.1 Å². The first kappa shape index (κ1) is 26.1. The van der Waals surface area contributed by atoms with Crippen LogP contribution in [-0.4, -0.2) is 50.8 Å². The summed E-state index contributed by atoms with van der Waals surface area (Å²) in [7, 11) is 0. The molecule has 9 nitrogen and oxygen atoms in total. The molecule has 1 fully saturated rings. The maximum Gasteiger partial charge on any atom is 0.352 e. The molecule has 0 unspecified atom stereocenters. The van der Waals surface area contributed by atoms with Crippen LogP contribution in [0.15, 0.2) is 64.2 Å². The number of hydrogen-bond donors (Lipinski definition) is 0. The van der Waals surface area contributed by atoms with Crippen molar-refractivity contribution in [1.29, 1.82) is 0 Å². The second kappa shape index (κ2) is 11.4. The summed E-state index contributed by atoms with van der Waals surface area (Å²) in [5.41, 5.74) is 0.538. The Hall–Kier alpha value is -4.01. The molecule has 2 aromatic carbocycles. The Bertz CT molecular complexity index is 1380. The van der Waals surface area contributed by atoms with E-state index in [-0.39, 0.29) is 31.4 Å². The maximum atomic E-state index is 13.6. The fourth-order valence-corrected chi connectivity index (χ4v) is 4.49. The molecular formula is C28H32N4O5. The molecule has 1 atom stereocenters. The van der Waals surface area contributed by atoms with E-state index in [9.17, 15) is 19.2 Å². The highest BCUT2D eigenvalue weighted by molar-refractivity contribution is 5.92. The molecular weight excluding hydrogens is 472 g/mol. The van der Waals surface area contributed by atoms with E-state index in [1.165, 1.54) is 4.90 Å². The van der Waals surface area contributed by atoms with Gasteiger partial charge in [-0.2, -0.15) is 9.78 Å². The van der Waals surface area contributed by atoms with Crippen LogP contribution in [0.5, 0.6) is 0 Å². The molecule has 1 aliphatic rings. The molecule has 194 valence electrons. The van der Waals surface area contributed by atoms with Gasteiger partial charge in [0.25, 0.3) is 11.5 Å². The van der Waals surface area contributed by atoms with Crippen LogP contribution in [0, 0.1) is 5.92 Å². The standard InChI is InChI=1S/C28H32N4O5/c1-4-37-27(35)22-11-8-16-30(18-22)25(33)24-26(34)31(17-20-9-6-5-7-10-20)28(36)32(29-24)23-14-12-21(13-15-23)19(2)3/h5-7,9-10,12-15,19,22H,4,8,11,16-18H2,1-3H3/t22-/m0/s1. The first-order chi connectivity index (χ1) is 17.8. The van der Waals surface area contributed by atoms with Gasteiger partial charge < -0.3 is 9.64 Å². The number of amides is 1. The van der Waals surface area contributed by atoms with E-state index >= 15 is 0 Å². The van der Waals surface area contributed by atoms with Crippen molar-refractivity contribution in [2.45, 2.75) is 46.1 Å². The normalized spacial score (nSPS) is 15.6. The summed E-state index contributed by atoms with van der Waals surface area (Å²) in [6.45, 7) is 6.65. The van der Waals surface area contributed by atoms with Crippen molar-refractivity contribution in [1.82, 2.24) is 19.2 Å². The van der Waals surface area contributed by atoms with E-state index in [4.69, 9.17) is 4.74 Å². The zero-order valence-corrected chi connectivity index (χ0v) is 21.4. The third kappa shape index (κ3) is 5.71. The second-order valence-corrected chi connectivity index (χ2v) is 9.51. The summed E-state index contributed by atoms with van der Waals surface area (Å²) in [6, 6.07) is 16.4. The predicted molar refractivity (Wildman–Crippen MR) is 139 cm³/mol.